The lowest BCUT2D eigenvalue weighted by molar-refractivity contribution is 0.381. The lowest BCUT2D eigenvalue weighted by Gasteiger charge is -2.40. The van der Waals surface area contributed by atoms with Crippen molar-refractivity contribution in [2.24, 2.45) is 5.92 Å². The van der Waals surface area contributed by atoms with Crippen molar-refractivity contribution in [2.75, 3.05) is 24.5 Å². The predicted octanol–water partition coefficient (Wildman–Crippen LogP) is 1.80. The maximum absolute atomic E-state index is 4.37. The second-order valence-electron chi connectivity index (χ2n) is 6.43. The van der Waals surface area contributed by atoms with Crippen LogP contribution in [0.3, 0.4) is 0 Å². The van der Waals surface area contributed by atoms with Crippen molar-refractivity contribution in [1.29, 1.82) is 0 Å². The SMILES string of the molecule is Cc1[nH]ncc1CNCC1CN(c2ccc(-c3ccncc3)nn2)C1. The number of anilines is 1. The van der Waals surface area contributed by atoms with Gasteiger partial charge < -0.3 is 10.2 Å². The number of rotatable bonds is 6. The smallest absolute Gasteiger partial charge is 0.151 e. The van der Waals surface area contributed by atoms with Gasteiger partial charge in [-0.15, -0.1) is 10.2 Å². The van der Waals surface area contributed by atoms with Gasteiger partial charge in [0.25, 0.3) is 0 Å². The highest BCUT2D eigenvalue weighted by Gasteiger charge is 2.27. The number of aromatic nitrogens is 5. The molecule has 4 rings (SSSR count). The monoisotopic (exact) mass is 335 g/mol. The fourth-order valence-corrected chi connectivity index (χ4v) is 3.02. The first-order chi connectivity index (χ1) is 12.3. The lowest BCUT2D eigenvalue weighted by atomic mass is 10.00. The van der Waals surface area contributed by atoms with Gasteiger partial charge in [-0.2, -0.15) is 5.10 Å². The van der Waals surface area contributed by atoms with Crippen LogP contribution in [0.15, 0.2) is 42.9 Å². The molecule has 1 fully saturated rings. The van der Waals surface area contributed by atoms with E-state index < -0.39 is 0 Å². The molecule has 0 radical (unpaired) electrons. The first kappa shape index (κ1) is 15.7. The quantitative estimate of drug-likeness (QED) is 0.715. The summed E-state index contributed by atoms with van der Waals surface area (Å²) in [6.45, 7) is 5.94. The first-order valence-electron chi connectivity index (χ1n) is 8.48. The summed E-state index contributed by atoms with van der Waals surface area (Å²) in [5.41, 5.74) is 4.27. The largest absolute Gasteiger partial charge is 0.354 e. The fourth-order valence-electron chi connectivity index (χ4n) is 3.02. The van der Waals surface area contributed by atoms with E-state index in [9.17, 15) is 0 Å². The van der Waals surface area contributed by atoms with Gasteiger partial charge in [-0.25, -0.2) is 0 Å². The molecule has 0 saturated carbocycles. The lowest BCUT2D eigenvalue weighted by Crippen LogP contribution is -2.51. The van der Waals surface area contributed by atoms with Crippen LogP contribution in [0.5, 0.6) is 0 Å². The van der Waals surface area contributed by atoms with Crippen LogP contribution in [0, 0.1) is 12.8 Å². The Hall–Kier alpha value is -2.80. The Labute approximate surface area is 146 Å². The topological polar surface area (TPSA) is 82.6 Å². The molecule has 1 saturated heterocycles. The molecule has 2 N–H and O–H groups in total. The van der Waals surface area contributed by atoms with Crippen molar-refractivity contribution in [3.05, 3.63) is 54.1 Å². The third-order valence-electron chi connectivity index (χ3n) is 4.59. The Morgan fingerprint density at radius 1 is 1.16 bits per heavy atom. The Bertz CT molecular complexity index is 807. The number of hydrogen-bond donors (Lipinski definition) is 2. The molecular weight excluding hydrogens is 314 g/mol. The average Bonchev–Trinajstić information content (AvgIpc) is 3.03. The van der Waals surface area contributed by atoms with Crippen molar-refractivity contribution in [2.45, 2.75) is 13.5 Å². The summed E-state index contributed by atoms with van der Waals surface area (Å²) >= 11 is 0. The maximum atomic E-state index is 4.37. The van der Waals surface area contributed by atoms with Crippen LogP contribution >= 0.6 is 0 Å². The van der Waals surface area contributed by atoms with E-state index in [1.54, 1.807) is 12.4 Å². The van der Waals surface area contributed by atoms with Gasteiger partial charge in [0, 0.05) is 61.3 Å². The molecule has 25 heavy (non-hydrogen) atoms. The third kappa shape index (κ3) is 3.51. The van der Waals surface area contributed by atoms with E-state index in [1.165, 1.54) is 5.56 Å². The molecule has 0 amide bonds. The molecule has 0 spiro atoms. The molecule has 1 aliphatic heterocycles. The van der Waals surface area contributed by atoms with E-state index in [-0.39, 0.29) is 0 Å². The highest BCUT2D eigenvalue weighted by atomic mass is 15.3. The minimum atomic E-state index is 0.647. The molecule has 3 aromatic heterocycles. The summed E-state index contributed by atoms with van der Waals surface area (Å²) in [5, 5.41) is 19.2. The van der Waals surface area contributed by atoms with E-state index in [0.29, 0.717) is 5.92 Å². The number of hydrogen-bond acceptors (Lipinski definition) is 6. The second-order valence-corrected chi connectivity index (χ2v) is 6.43. The van der Waals surface area contributed by atoms with Crippen LogP contribution in [-0.4, -0.2) is 45.0 Å². The zero-order chi connectivity index (χ0) is 17.1. The Balaban J connectivity index is 1.25. The van der Waals surface area contributed by atoms with Gasteiger partial charge in [-0.05, 0) is 31.2 Å². The summed E-state index contributed by atoms with van der Waals surface area (Å²) in [5.74, 6) is 1.59. The number of nitrogens with zero attached hydrogens (tertiary/aromatic N) is 5. The standard InChI is InChI=1S/C18H21N7/c1-13-16(10-21-22-13)9-20-8-14-11-25(12-14)18-3-2-17(23-24-18)15-4-6-19-7-5-15/h2-7,10,14,20H,8-9,11-12H2,1H3,(H,21,22). The van der Waals surface area contributed by atoms with Crippen molar-refractivity contribution < 1.29 is 0 Å². The Kier molecular flexibility index (Phi) is 4.39. The van der Waals surface area contributed by atoms with Gasteiger partial charge >= 0.3 is 0 Å². The summed E-state index contributed by atoms with van der Waals surface area (Å²) in [6, 6.07) is 7.94. The molecule has 7 heteroatoms. The zero-order valence-electron chi connectivity index (χ0n) is 14.2. The van der Waals surface area contributed by atoms with Gasteiger partial charge in [0.15, 0.2) is 5.82 Å². The minimum Gasteiger partial charge on any atom is -0.354 e. The third-order valence-corrected chi connectivity index (χ3v) is 4.59. The van der Waals surface area contributed by atoms with Gasteiger partial charge in [0.05, 0.1) is 11.9 Å². The summed E-state index contributed by atoms with van der Waals surface area (Å²) in [6.07, 6.45) is 5.42. The molecule has 1 aliphatic rings. The summed E-state index contributed by atoms with van der Waals surface area (Å²) < 4.78 is 0. The number of aromatic amines is 1. The highest BCUT2D eigenvalue weighted by Crippen LogP contribution is 2.23. The van der Waals surface area contributed by atoms with Crippen LogP contribution < -0.4 is 10.2 Å². The predicted molar refractivity (Wildman–Crippen MR) is 96.0 cm³/mol. The zero-order valence-corrected chi connectivity index (χ0v) is 14.2. The molecule has 7 nitrogen and oxygen atoms in total. The maximum Gasteiger partial charge on any atom is 0.151 e. The fraction of sp³-hybridized carbons (Fsp3) is 0.333. The van der Waals surface area contributed by atoms with Crippen LogP contribution in [0.1, 0.15) is 11.3 Å². The Morgan fingerprint density at radius 2 is 2.00 bits per heavy atom. The van der Waals surface area contributed by atoms with E-state index in [0.717, 1.165) is 48.9 Å². The molecule has 128 valence electrons. The number of H-pyrrole nitrogens is 1. The molecule has 3 aromatic rings. The molecule has 0 atom stereocenters. The molecule has 0 bridgehead atoms. The van der Waals surface area contributed by atoms with Crippen molar-refractivity contribution in [3.63, 3.8) is 0 Å². The molecule has 4 heterocycles. The van der Waals surface area contributed by atoms with E-state index in [4.69, 9.17) is 0 Å². The number of nitrogens with one attached hydrogen (secondary N) is 2. The van der Waals surface area contributed by atoms with Crippen molar-refractivity contribution in [1.82, 2.24) is 30.7 Å². The van der Waals surface area contributed by atoms with Gasteiger partial charge in [-0.1, -0.05) is 0 Å². The van der Waals surface area contributed by atoms with E-state index in [2.05, 4.69) is 35.6 Å². The van der Waals surface area contributed by atoms with Gasteiger partial charge in [0.2, 0.25) is 0 Å². The van der Waals surface area contributed by atoms with E-state index >= 15 is 0 Å². The normalized spacial score (nSPS) is 14.5. The molecular formula is C18H21N7. The average molecular weight is 335 g/mol. The second kappa shape index (κ2) is 6.98. The minimum absolute atomic E-state index is 0.647. The van der Waals surface area contributed by atoms with Crippen molar-refractivity contribution in [3.8, 4) is 11.3 Å². The van der Waals surface area contributed by atoms with Crippen LogP contribution in [-0.2, 0) is 6.54 Å². The number of pyridine rings is 1. The van der Waals surface area contributed by atoms with E-state index in [1.807, 2.05) is 37.4 Å². The van der Waals surface area contributed by atoms with Crippen molar-refractivity contribution >= 4 is 5.82 Å². The Morgan fingerprint density at radius 3 is 2.68 bits per heavy atom. The first-order valence-corrected chi connectivity index (χ1v) is 8.48. The summed E-state index contributed by atoms with van der Waals surface area (Å²) in [4.78, 5) is 6.29. The number of aryl methyl sites for hydroxylation is 1. The highest BCUT2D eigenvalue weighted by molar-refractivity contribution is 5.59. The molecule has 0 unspecified atom stereocenters. The van der Waals surface area contributed by atoms with Crippen LogP contribution in [0.25, 0.3) is 11.3 Å². The van der Waals surface area contributed by atoms with Gasteiger partial charge in [-0.3, -0.25) is 10.1 Å². The molecule has 0 aliphatic carbocycles. The van der Waals surface area contributed by atoms with Crippen LogP contribution in [0.2, 0.25) is 0 Å². The molecule has 0 aromatic carbocycles. The summed E-state index contributed by atoms with van der Waals surface area (Å²) in [7, 11) is 0. The van der Waals surface area contributed by atoms with Crippen LogP contribution in [0.4, 0.5) is 5.82 Å². The van der Waals surface area contributed by atoms with Gasteiger partial charge in [0.1, 0.15) is 0 Å².